The van der Waals surface area contributed by atoms with Crippen LogP contribution in [-0.2, 0) is 0 Å². The molecule has 1 aromatic carbocycles. The number of hydrogen-bond acceptors (Lipinski definition) is 2. The smallest absolute Gasteiger partial charge is 0.0521 e. The van der Waals surface area contributed by atoms with E-state index in [1.165, 1.54) is 0 Å². The molecule has 17 heavy (non-hydrogen) atoms. The third-order valence-corrected chi connectivity index (χ3v) is 2.72. The van der Waals surface area contributed by atoms with E-state index in [4.69, 9.17) is 0 Å². The lowest BCUT2D eigenvalue weighted by Crippen LogP contribution is -2.28. The average Bonchev–Trinajstić information content (AvgIpc) is 2.39. The highest BCUT2D eigenvalue weighted by Gasteiger charge is 2.26. The van der Waals surface area contributed by atoms with Crippen LogP contribution in [0.4, 0.5) is 0 Å². The van der Waals surface area contributed by atoms with Crippen molar-refractivity contribution in [2.75, 3.05) is 13.2 Å². The normalized spacial score (nSPS) is 10.5. The van der Waals surface area contributed by atoms with Crippen molar-refractivity contribution in [2.45, 2.75) is 12.8 Å². The summed E-state index contributed by atoms with van der Waals surface area (Å²) in [7, 11) is 0. The van der Waals surface area contributed by atoms with Gasteiger partial charge in [-0.1, -0.05) is 36.1 Å². The van der Waals surface area contributed by atoms with Crippen LogP contribution in [0.15, 0.2) is 43.0 Å². The van der Waals surface area contributed by atoms with Crippen molar-refractivity contribution in [2.24, 2.45) is 5.41 Å². The van der Waals surface area contributed by atoms with E-state index < -0.39 is 5.41 Å². The van der Waals surface area contributed by atoms with Gasteiger partial charge in [0.15, 0.2) is 0 Å². The lowest BCUT2D eigenvalue weighted by molar-refractivity contribution is 0.0611. The maximum Gasteiger partial charge on any atom is 0.0521 e. The van der Waals surface area contributed by atoms with E-state index in [0.29, 0.717) is 12.8 Å². The average molecular weight is 230 g/mol. The van der Waals surface area contributed by atoms with Crippen molar-refractivity contribution < 1.29 is 10.2 Å². The maximum absolute atomic E-state index is 9.33. The van der Waals surface area contributed by atoms with E-state index in [9.17, 15) is 10.2 Å². The second kappa shape index (κ2) is 6.90. The first-order valence-corrected chi connectivity index (χ1v) is 5.63. The van der Waals surface area contributed by atoms with E-state index in [1.54, 1.807) is 6.08 Å². The fraction of sp³-hybridized carbons (Fsp3) is 0.333. The minimum Gasteiger partial charge on any atom is -0.396 e. The van der Waals surface area contributed by atoms with Gasteiger partial charge in [-0.05, 0) is 18.6 Å². The zero-order chi connectivity index (χ0) is 12.6. The molecule has 0 radical (unpaired) electrons. The van der Waals surface area contributed by atoms with Crippen LogP contribution in [0.25, 0.3) is 0 Å². The molecule has 0 fully saturated rings. The molecule has 1 aromatic rings. The molecule has 0 aliphatic carbocycles. The van der Waals surface area contributed by atoms with Gasteiger partial charge >= 0.3 is 0 Å². The van der Waals surface area contributed by atoms with Crippen molar-refractivity contribution in [1.82, 2.24) is 0 Å². The summed E-state index contributed by atoms with van der Waals surface area (Å²) in [6.45, 7) is 3.47. The Morgan fingerprint density at radius 3 is 2.35 bits per heavy atom. The molecule has 0 heterocycles. The van der Waals surface area contributed by atoms with Gasteiger partial charge in [0.05, 0.1) is 13.2 Å². The topological polar surface area (TPSA) is 40.5 Å². The molecule has 0 bridgehead atoms. The molecular formula is C15H18O2. The molecule has 0 amide bonds. The summed E-state index contributed by atoms with van der Waals surface area (Å²) in [5.74, 6) is 6.03. The second-order valence-electron chi connectivity index (χ2n) is 4.15. The molecule has 2 heteroatoms. The van der Waals surface area contributed by atoms with Gasteiger partial charge < -0.3 is 10.2 Å². The minimum absolute atomic E-state index is 0.0843. The Morgan fingerprint density at radius 2 is 1.82 bits per heavy atom. The first kappa shape index (κ1) is 13.5. The van der Waals surface area contributed by atoms with Crippen molar-refractivity contribution in [3.63, 3.8) is 0 Å². The summed E-state index contributed by atoms with van der Waals surface area (Å²) in [6.07, 6.45) is 2.72. The van der Waals surface area contributed by atoms with Gasteiger partial charge in [-0.2, -0.15) is 0 Å². The summed E-state index contributed by atoms with van der Waals surface area (Å²) in [6, 6.07) is 9.66. The number of aliphatic hydroxyl groups excluding tert-OH is 2. The highest BCUT2D eigenvalue weighted by molar-refractivity contribution is 5.33. The Bertz CT molecular complexity index is 394. The maximum atomic E-state index is 9.33. The van der Waals surface area contributed by atoms with Crippen LogP contribution in [0, 0.1) is 17.3 Å². The Kier molecular flexibility index (Phi) is 5.48. The monoisotopic (exact) mass is 230 g/mol. The van der Waals surface area contributed by atoms with Gasteiger partial charge in [0, 0.05) is 17.4 Å². The van der Waals surface area contributed by atoms with Crippen LogP contribution in [0.2, 0.25) is 0 Å². The van der Waals surface area contributed by atoms with E-state index in [2.05, 4.69) is 18.4 Å². The fourth-order valence-electron chi connectivity index (χ4n) is 1.52. The summed E-state index contributed by atoms with van der Waals surface area (Å²) in [5.41, 5.74) is 0.375. The van der Waals surface area contributed by atoms with Crippen molar-refractivity contribution in [1.29, 1.82) is 0 Å². The molecule has 2 N–H and O–H groups in total. The molecule has 0 saturated carbocycles. The van der Waals surface area contributed by atoms with Crippen LogP contribution in [-0.4, -0.2) is 23.4 Å². The predicted octanol–water partition coefficient (Wildman–Crippen LogP) is 1.98. The first-order valence-electron chi connectivity index (χ1n) is 5.63. The molecule has 1 rings (SSSR count). The highest BCUT2D eigenvalue weighted by atomic mass is 16.3. The molecular weight excluding hydrogens is 212 g/mol. The standard InChI is InChI=1S/C15H18O2/c1-2-10-15(12-16,13-17)11-6-9-14-7-4-3-5-8-14/h2-5,7-8,16-17H,1,10-13H2. The Hall–Kier alpha value is -1.56. The van der Waals surface area contributed by atoms with E-state index in [-0.39, 0.29) is 13.2 Å². The predicted molar refractivity (Wildman–Crippen MR) is 69.4 cm³/mol. The van der Waals surface area contributed by atoms with Gasteiger partial charge in [0.1, 0.15) is 0 Å². The molecule has 0 atom stereocenters. The van der Waals surface area contributed by atoms with E-state index in [1.807, 2.05) is 30.3 Å². The van der Waals surface area contributed by atoms with Crippen molar-refractivity contribution in [3.8, 4) is 11.8 Å². The molecule has 0 spiro atoms. The Morgan fingerprint density at radius 1 is 1.18 bits per heavy atom. The zero-order valence-corrected chi connectivity index (χ0v) is 9.89. The van der Waals surface area contributed by atoms with E-state index >= 15 is 0 Å². The largest absolute Gasteiger partial charge is 0.396 e. The number of allylic oxidation sites excluding steroid dienone is 1. The third kappa shape index (κ3) is 4.07. The van der Waals surface area contributed by atoms with E-state index in [0.717, 1.165) is 5.56 Å². The minimum atomic E-state index is -0.566. The lowest BCUT2D eigenvalue weighted by atomic mass is 9.83. The summed E-state index contributed by atoms with van der Waals surface area (Å²) >= 11 is 0. The van der Waals surface area contributed by atoms with Gasteiger partial charge in [0.2, 0.25) is 0 Å². The summed E-state index contributed by atoms with van der Waals surface area (Å²) in [4.78, 5) is 0. The Balaban J connectivity index is 2.70. The summed E-state index contributed by atoms with van der Waals surface area (Å²) in [5, 5.41) is 18.7. The van der Waals surface area contributed by atoms with Crippen LogP contribution >= 0.6 is 0 Å². The van der Waals surface area contributed by atoms with Gasteiger partial charge in [-0.15, -0.1) is 6.58 Å². The summed E-state index contributed by atoms with van der Waals surface area (Å²) < 4.78 is 0. The van der Waals surface area contributed by atoms with Gasteiger partial charge in [0.25, 0.3) is 0 Å². The Labute approximate surface area is 103 Å². The van der Waals surface area contributed by atoms with Crippen LogP contribution in [0.3, 0.4) is 0 Å². The SMILES string of the molecule is C=CCC(CO)(CO)CC#Cc1ccccc1. The number of benzene rings is 1. The fourth-order valence-corrected chi connectivity index (χ4v) is 1.52. The number of aliphatic hydroxyl groups is 2. The van der Waals surface area contributed by atoms with Crippen LogP contribution < -0.4 is 0 Å². The lowest BCUT2D eigenvalue weighted by Gasteiger charge is -2.25. The number of hydrogen-bond donors (Lipinski definition) is 2. The van der Waals surface area contributed by atoms with Crippen molar-refractivity contribution >= 4 is 0 Å². The van der Waals surface area contributed by atoms with Gasteiger partial charge in [-0.25, -0.2) is 0 Å². The molecule has 0 aliphatic heterocycles. The molecule has 2 nitrogen and oxygen atoms in total. The molecule has 0 aliphatic rings. The molecule has 0 unspecified atom stereocenters. The third-order valence-electron chi connectivity index (χ3n) is 2.72. The zero-order valence-electron chi connectivity index (χ0n) is 9.89. The second-order valence-corrected chi connectivity index (χ2v) is 4.15. The molecule has 90 valence electrons. The number of rotatable bonds is 5. The van der Waals surface area contributed by atoms with Crippen molar-refractivity contribution in [3.05, 3.63) is 48.6 Å². The molecule has 0 aromatic heterocycles. The molecule has 0 saturated heterocycles. The highest BCUT2D eigenvalue weighted by Crippen LogP contribution is 2.25. The first-order chi connectivity index (χ1) is 8.26. The van der Waals surface area contributed by atoms with Crippen LogP contribution in [0.5, 0.6) is 0 Å². The van der Waals surface area contributed by atoms with Crippen LogP contribution in [0.1, 0.15) is 18.4 Å². The quantitative estimate of drug-likeness (QED) is 0.600. The van der Waals surface area contributed by atoms with Gasteiger partial charge in [-0.3, -0.25) is 0 Å².